The number of para-hydroxylation sites is 1. The molecule has 4 aromatic rings. The maximum Gasteiger partial charge on any atom is 0.249 e. The standard InChI is InChI=1S/C26H27N5O3/c1-15(2)14-21(32)28-26-23(19-12-8-9-13-20(19)25(27)33)24(30-34-26)22-16(3)29-31(17(22)4)18-10-6-5-7-11-18/h5-13,15H,14H2,1-4H3,(H2,27,33)(H,28,32). The van der Waals surface area contributed by atoms with Gasteiger partial charge in [0.1, 0.15) is 5.69 Å². The number of benzene rings is 2. The van der Waals surface area contributed by atoms with Crippen LogP contribution in [0.15, 0.2) is 59.1 Å². The molecule has 2 aromatic heterocycles. The fourth-order valence-electron chi connectivity index (χ4n) is 4.07. The van der Waals surface area contributed by atoms with Crippen LogP contribution < -0.4 is 11.1 Å². The Bertz CT molecular complexity index is 1350. The van der Waals surface area contributed by atoms with Gasteiger partial charge in [0.2, 0.25) is 17.7 Å². The van der Waals surface area contributed by atoms with Gasteiger partial charge in [-0.05, 0) is 38.0 Å². The van der Waals surface area contributed by atoms with E-state index in [9.17, 15) is 9.59 Å². The molecule has 174 valence electrons. The van der Waals surface area contributed by atoms with E-state index in [1.165, 1.54) is 0 Å². The lowest BCUT2D eigenvalue weighted by molar-refractivity contribution is -0.117. The van der Waals surface area contributed by atoms with Crippen LogP contribution in [0.2, 0.25) is 0 Å². The van der Waals surface area contributed by atoms with Crippen molar-refractivity contribution in [2.45, 2.75) is 34.1 Å². The number of hydrogen-bond acceptors (Lipinski definition) is 5. The van der Waals surface area contributed by atoms with Gasteiger partial charge < -0.3 is 10.3 Å². The molecule has 8 nitrogen and oxygen atoms in total. The Balaban J connectivity index is 1.93. The van der Waals surface area contributed by atoms with Crippen molar-refractivity contribution in [1.82, 2.24) is 14.9 Å². The van der Waals surface area contributed by atoms with E-state index in [0.29, 0.717) is 28.8 Å². The SMILES string of the molecule is Cc1nn(-c2ccccc2)c(C)c1-c1noc(NC(=O)CC(C)C)c1-c1ccccc1C(N)=O. The number of aromatic nitrogens is 3. The number of nitrogens with two attached hydrogens (primary N) is 1. The molecular weight excluding hydrogens is 430 g/mol. The first kappa shape index (κ1) is 23.0. The maximum absolute atomic E-state index is 12.6. The van der Waals surface area contributed by atoms with Crippen LogP contribution in [-0.2, 0) is 4.79 Å². The average molecular weight is 458 g/mol. The maximum atomic E-state index is 12.6. The van der Waals surface area contributed by atoms with Crippen molar-refractivity contribution in [3.8, 4) is 28.1 Å². The Kier molecular flexibility index (Phi) is 6.32. The van der Waals surface area contributed by atoms with E-state index in [4.69, 9.17) is 15.4 Å². The number of hydrogen-bond donors (Lipinski definition) is 2. The topological polar surface area (TPSA) is 116 Å². The highest BCUT2D eigenvalue weighted by molar-refractivity contribution is 6.05. The zero-order valence-corrected chi connectivity index (χ0v) is 19.6. The lowest BCUT2D eigenvalue weighted by Crippen LogP contribution is -2.15. The summed E-state index contributed by atoms with van der Waals surface area (Å²) in [4.78, 5) is 24.8. The number of aryl methyl sites for hydroxylation is 1. The second-order valence-corrected chi connectivity index (χ2v) is 8.58. The van der Waals surface area contributed by atoms with Crippen molar-refractivity contribution in [3.63, 3.8) is 0 Å². The summed E-state index contributed by atoms with van der Waals surface area (Å²) < 4.78 is 7.48. The molecule has 2 aromatic carbocycles. The Morgan fingerprint density at radius 1 is 1.03 bits per heavy atom. The van der Waals surface area contributed by atoms with Gasteiger partial charge in [0.05, 0.1) is 22.6 Å². The zero-order valence-electron chi connectivity index (χ0n) is 19.6. The van der Waals surface area contributed by atoms with Gasteiger partial charge >= 0.3 is 0 Å². The Labute approximate surface area is 197 Å². The smallest absolute Gasteiger partial charge is 0.249 e. The zero-order chi connectivity index (χ0) is 24.4. The number of nitrogens with zero attached hydrogens (tertiary/aromatic N) is 3. The molecule has 0 radical (unpaired) electrons. The van der Waals surface area contributed by atoms with Gasteiger partial charge in [-0.3, -0.25) is 14.9 Å². The van der Waals surface area contributed by atoms with Gasteiger partial charge in [-0.2, -0.15) is 5.10 Å². The number of rotatable bonds is 7. The van der Waals surface area contributed by atoms with Crippen molar-refractivity contribution in [2.24, 2.45) is 11.7 Å². The van der Waals surface area contributed by atoms with Crippen LogP contribution >= 0.6 is 0 Å². The number of amides is 2. The molecule has 0 bridgehead atoms. The van der Waals surface area contributed by atoms with E-state index >= 15 is 0 Å². The van der Waals surface area contributed by atoms with E-state index < -0.39 is 5.91 Å². The van der Waals surface area contributed by atoms with Gasteiger partial charge in [0, 0.05) is 23.1 Å². The van der Waals surface area contributed by atoms with Crippen LogP contribution in [0.3, 0.4) is 0 Å². The Hall–Kier alpha value is -4.20. The summed E-state index contributed by atoms with van der Waals surface area (Å²) in [6.45, 7) is 7.74. The van der Waals surface area contributed by atoms with Gasteiger partial charge in [-0.15, -0.1) is 0 Å². The molecular formula is C26H27N5O3. The molecule has 0 saturated carbocycles. The Morgan fingerprint density at radius 2 is 1.71 bits per heavy atom. The fraction of sp³-hybridized carbons (Fsp3) is 0.231. The highest BCUT2D eigenvalue weighted by Gasteiger charge is 2.28. The molecule has 0 aliphatic heterocycles. The van der Waals surface area contributed by atoms with Crippen LogP contribution in [0.4, 0.5) is 5.88 Å². The molecule has 0 saturated heterocycles. The summed E-state index contributed by atoms with van der Waals surface area (Å²) in [5.74, 6) is -0.461. The highest BCUT2D eigenvalue weighted by Crippen LogP contribution is 2.42. The van der Waals surface area contributed by atoms with E-state index in [1.807, 2.05) is 62.7 Å². The minimum absolute atomic E-state index is 0.164. The molecule has 0 spiro atoms. The van der Waals surface area contributed by atoms with Crippen LogP contribution in [0.1, 0.15) is 42.0 Å². The first-order chi connectivity index (χ1) is 16.3. The van der Waals surface area contributed by atoms with E-state index in [2.05, 4.69) is 10.5 Å². The van der Waals surface area contributed by atoms with Crippen molar-refractivity contribution in [3.05, 3.63) is 71.5 Å². The second kappa shape index (κ2) is 9.35. The van der Waals surface area contributed by atoms with E-state index in [0.717, 1.165) is 22.6 Å². The number of anilines is 1. The molecule has 0 aliphatic rings. The molecule has 4 rings (SSSR count). The normalized spacial score (nSPS) is 11.1. The summed E-state index contributed by atoms with van der Waals surface area (Å²) in [6.07, 6.45) is 0.316. The molecule has 2 heterocycles. The molecule has 0 atom stereocenters. The van der Waals surface area contributed by atoms with Crippen molar-refractivity contribution in [1.29, 1.82) is 0 Å². The van der Waals surface area contributed by atoms with Crippen molar-refractivity contribution < 1.29 is 14.1 Å². The monoisotopic (exact) mass is 457 g/mol. The number of carbonyl (C=O) groups excluding carboxylic acids is 2. The van der Waals surface area contributed by atoms with E-state index in [1.54, 1.807) is 24.3 Å². The molecule has 0 fully saturated rings. The minimum Gasteiger partial charge on any atom is -0.366 e. The molecule has 2 amide bonds. The van der Waals surface area contributed by atoms with Crippen LogP contribution in [-0.4, -0.2) is 26.8 Å². The lowest BCUT2D eigenvalue weighted by atomic mass is 9.95. The van der Waals surface area contributed by atoms with Gasteiger partial charge in [0.15, 0.2) is 0 Å². The summed E-state index contributed by atoms with van der Waals surface area (Å²) in [5, 5.41) is 11.9. The predicted molar refractivity (Wildman–Crippen MR) is 131 cm³/mol. The quantitative estimate of drug-likeness (QED) is 0.410. The third-order valence-corrected chi connectivity index (χ3v) is 5.53. The molecule has 0 unspecified atom stereocenters. The summed E-state index contributed by atoms with van der Waals surface area (Å²) >= 11 is 0. The molecule has 3 N–H and O–H groups in total. The summed E-state index contributed by atoms with van der Waals surface area (Å²) in [6, 6.07) is 16.7. The molecule has 34 heavy (non-hydrogen) atoms. The Morgan fingerprint density at radius 3 is 2.38 bits per heavy atom. The number of primary amides is 1. The second-order valence-electron chi connectivity index (χ2n) is 8.58. The first-order valence-electron chi connectivity index (χ1n) is 11.1. The highest BCUT2D eigenvalue weighted by atomic mass is 16.5. The van der Waals surface area contributed by atoms with Crippen molar-refractivity contribution in [2.75, 3.05) is 5.32 Å². The van der Waals surface area contributed by atoms with Crippen LogP contribution in [0.5, 0.6) is 0 Å². The minimum atomic E-state index is -0.587. The molecule has 8 heteroatoms. The first-order valence-corrected chi connectivity index (χ1v) is 11.1. The lowest BCUT2D eigenvalue weighted by Gasteiger charge is -2.10. The third-order valence-electron chi connectivity index (χ3n) is 5.53. The van der Waals surface area contributed by atoms with Crippen LogP contribution in [0.25, 0.3) is 28.1 Å². The fourth-order valence-corrected chi connectivity index (χ4v) is 4.07. The summed E-state index contributed by atoms with van der Waals surface area (Å²) in [7, 11) is 0. The van der Waals surface area contributed by atoms with E-state index in [-0.39, 0.29) is 17.7 Å². The average Bonchev–Trinajstić information content (AvgIpc) is 3.33. The third kappa shape index (κ3) is 4.34. The molecule has 0 aliphatic carbocycles. The van der Waals surface area contributed by atoms with Gasteiger partial charge in [-0.1, -0.05) is 55.4 Å². The summed E-state index contributed by atoms with van der Waals surface area (Å²) in [5.41, 5.74) is 10.7. The number of nitrogens with one attached hydrogen (secondary N) is 1. The largest absolute Gasteiger partial charge is 0.366 e. The van der Waals surface area contributed by atoms with Crippen molar-refractivity contribution >= 4 is 17.7 Å². The predicted octanol–water partition coefficient (Wildman–Crippen LogP) is 4.89. The van der Waals surface area contributed by atoms with Gasteiger partial charge in [0.25, 0.3) is 0 Å². The number of carbonyl (C=O) groups is 2. The van der Waals surface area contributed by atoms with Gasteiger partial charge in [-0.25, -0.2) is 4.68 Å². The van der Waals surface area contributed by atoms with Crippen LogP contribution in [0, 0.1) is 19.8 Å².